The van der Waals surface area contributed by atoms with Gasteiger partial charge in [0.15, 0.2) is 0 Å². The average Bonchev–Trinajstić information content (AvgIpc) is 2.60. The molecule has 10 heteroatoms. The lowest BCUT2D eigenvalue weighted by atomic mass is 9.81. The Kier molecular flexibility index (Phi) is 4.96. The van der Waals surface area contributed by atoms with Gasteiger partial charge in [-0.25, -0.2) is 4.39 Å². The van der Waals surface area contributed by atoms with Gasteiger partial charge in [-0.1, -0.05) is 24.3 Å². The van der Waals surface area contributed by atoms with Crippen LogP contribution in [0.4, 0.5) is 26.3 Å². The molecule has 2 aromatic carbocycles. The van der Waals surface area contributed by atoms with Crippen molar-refractivity contribution in [3.05, 3.63) is 70.8 Å². The van der Waals surface area contributed by atoms with Crippen LogP contribution in [0.15, 0.2) is 48.5 Å². The monoisotopic (exact) mass is 390 g/mol. The van der Waals surface area contributed by atoms with Crippen molar-refractivity contribution in [2.24, 2.45) is 11.5 Å². The van der Waals surface area contributed by atoms with Crippen molar-refractivity contribution in [3.8, 4) is 0 Å². The van der Waals surface area contributed by atoms with E-state index < -0.39 is 51.8 Å². The molecule has 0 aliphatic rings. The minimum absolute atomic E-state index is 0.474. The molecule has 2 amide bonds. The van der Waals surface area contributed by atoms with Crippen LogP contribution in [0.1, 0.15) is 31.8 Å². The highest BCUT2D eigenvalue weighted by molar-refractivity contribution is 5.93. The van der Waals surface area contributed by atoms with Crippen LogP contribution in [0.2, 0.25) is 0 Å². The molecule has 0 heterocycles. The highest BCUT2D eigenvalue weighted by Gasteiger charge is 2.72. The minimum atomic E-state index is -6.28. The van der Waals surface area contributed by atoms with Crippen LogP contribution in [0.3, 0.4) is 0 Å². The number of hydrogen-bond donors (Lipinski definition) is 2. The number of amides is 2. The molecule has 0 aromatic heterocycles. The molecular weight excluding hydrogens is 378 g/mol. The third-order valence-corrected chi connectivity index (χ3v) is 3.88. The summed E-state index contributed by atoms with van der Waals surface area (Å²) < 4.78 is 83.3. The lowest BCUT2D eigenvalue weighted by molar-refractivity contribution is -0.323. The largest absolute Gasteiger partial charge is 0.457 e. The van der Waals surface area contributed by atoms with Gasteiger partial charge < -0.3 is 11.5 Å². The van der Waals surface area contributed by atoms with E-state index in [4.69, 9.17) is 11.5 Å². The maximum absolute atomic E-state index is 15.6. The van der Waals surface area contributed by atoms with Crippen molar-refractivity contribution in [3.63, 3.8) is 0 Å². The number of carbonyl (C=O) groups is 2. The van der Waals surface area contributed by atoms with Crippen LogP contribution >= 0.6 is 0 Å². The number of primary amides is 2. The molecule has 2 rings (SSSR count). The van der Waals surface area contributed by atoms with E-state index in [1.807, 2.05) is 0 Å². The summed E-state index contributed by atoms with van der Waals surface area (Å²) in [7, 11) is 0. The molecule has 2 aromatic rings. The Bertz CT molecular complexity index is 837. The van der Waals surface area contributed by atoms with E-state index in [0.29, 0.717) is 24.3 Å². The fourth-order valence-corrected chi connectivity index (χ4v) is 2.50. The molecule has 0 unspecified atom stereocenters. The second kappa shape index (κ2) is 6.60. The molecule has 27 heavy (non-hydrogen) atoms. The Hall–Kier alpha value is -3.04. The molecule has 144 valence electrons. The lowest BCUT2D eigenvalue weighted by Crippen LogP contribution is -2.53. The fraction of sp³-hybridized carbons (Fsp3) is 0.176. The SMILES string of the molecule is NC(=O)c1cccc(C(F)(c2cccc(C(N)=O)c2)C(F)(F)C(F)(F)F)c1. The Morgan fingerprint density at radius 3 is 1.37 bits per heavy atom. The normalized spacial score (nSPS) is 12.7. The van der Waals surface area contributed by atoms with Crippen LogP contribution in [-0.4, -0.2) is 23.9 Å². The van der Waals surface area contributed by atoms with E-state index in [1.54, 1.807) is 0 Å². The quantitative estimate of drug-likeness (QED) is 0.768. The van der Waals surface area contributed by atoms with E-state index in [0.717, 1.165) is 24.3 Å². The summed E-state index contributed by atoms with van der Waals surface area (Å²) in [6.07, 6.45) is -6.28. The molecule has 4 N–H and O–H groups in total. The van der Waals surface area contributed by atoms with Gasteiger partial charge >= 0.3 is 12.1 Å². The van der Waals surface area contributed by atoms with Gasteiger partial charge in [0.05, 0.1) is 0 Å². The highest BCUT2D eigenvalue weighted by atomic mass is 19.4. The molecule has 0 aliphatic heterocycles. The summed E-state index contributed by atoms with van der Waals surface area (Å²) in [5.74, 6) is -8.21. The van der Waals surface area contributed by atoms with Gasteiger partial charge in [-0.05, 0) is 24.3 Å². The summed E-state index contributed by atoms with van der Waals surface area (Å²) in [4.78, 5) is 22.5. The summed E-state index contributed by atoms with van der Waals surface area (Å²) in [5.41, 5.74) is 2.25. The Morgan fingerprint density at radius 2 is 1.07 bits per heavy atom. The zero-order valence-electron chi connectivity index (χ0n) is 13.4. The Morgan fingerprint density at radius 1 is 0.704 bits per heavy atom. The summed E-state index contributed by atoms with van der Waals surface area (Å²) >= 11 is 0. The number of nitrogens with two attached hydrogens (primary N) is 2. The molecule has 0 spiro atoms. The van der Waals surface area contributed by atoms with Crippen molar-refractivity contribution >= 4 is 11.8 Å². The zero-order valence-corrected chi connectivity index (χ0v) is 13.4. The van der Waals surface area contributed by atoms with Crippen LogP contribution in [0.25, 0.3) is 0 Å². The molecule has 0 saturated heterocycles. The summed E-state index contributed by atoms with van der Waals surface area (Å²) in [6, 6.07) is 6.18. The number of hydrogen-bond acceptors (Lipinski definition) is 2. The van der Waals surface area contributed by atoms with Crippen molar-refractivity contribution in [2.45, 2.75) is 17.8 Å². The maximum atomic E-state index is 15.6. The predicted molar refractivity (Wildman–Crippen MR) is 82.8 cm³/mol. The standard InChI is InChI=1S/C17H12F6N2O2/c18-15(16(19,20)17(21,22)23,11-5-1-3-9(7-11)13(24)26)12-6-2-4-10(8-12)14(25)27/h1-8H,(H2,24,26)(H2,25,27). The van der Waals surface area contributed by atoms with Gasteiger partial charge in [-0.2, -0.15) is 22.0 Å². The van der Waals surface area contributed by atoms with Gasteiger partial charge in [0.2, 0.25) is 17.5 Å². The number of alkyl halides is 6. The first-order valence-electron chi connectivity index (χ1n) is 7.26. The summed E-state index contributed by atoms with van der Waals surface area (Å²) in [6.45, 7) is 0. The average molecular weight is 390 g/mol. The Balaban J connectivity index is 2.85. The third-order valence-electron chi connectivity index (χ3n) is 3.88. The number of rotatable bonds is 5. The molecule has 0 fully saturated rings. The molecule has 0 saturated carbocycles. The lowest BCUT2D eigenvalue weighted by Gasteiger charge is -2.35. The van der Waals surface area contributed by atoms with E-state index in [-0.39, 0.29) is 0 Å². The van der Waals surface area contributed by atoms with E-state index in [2.05, 4.69) is 0 Å². The van der Waals surface area contributed by atoms with Gasteiger partial charge in [-0.15, -0.1) is 0 Å². The molecule has 0 atom stereocenters. The van der Waals surface area contributed by atoms with Crippen molar-refractivity contribution < 1.29 is 35.9 Å². The van der Waals surface area contributed by atoms with Crippen LogP contribution < -0.4 is 11.5 Å². The molecule has 0 bridgehead atoms. The van der Waals surface area contributed by atoms with Crippen molar-refractivity contribution in [1.29, 1.82) is 0 Å². The van der Waals surface area contributed by atoms with E-state index >= 15 is 4.39 Å². The summed E-state index contributed by atoms with van der Waals surface area (Å²) in [5, 5.41) is 0. The van der Waals surface area contributed by atoms with Crippen molar-refractivity contribution in [2.75, 3.05) is 0 Å². The fourth-order valence-electron chi connectivity index (χ4n) is 2.50. The molecular formula is C17H12F6N2O2. The van der Waals surface area contributed by atoms with Gasteiger partial charge in [-0.3, -0.25) is 9.59 Å². The number of carbonyl (C=O) groups excluding carboxylic acids is 2. The first-order valence-corrected chi connectivity index (χ1v) is 7.26. The second-order valence-corrected chi connectivity index (χ2v) is 5.62. The van der Waals surface area contributed by atoms with Gasteiger partial charge in [0.25, 0.3) is 0 Å². The third kappa shape index (κ3) is 3.34. The van der Waals surface area contributed by atoms with Crippen LogP contribution in [0.5, 0.6) is 0 Å². The maximum Gasteiger partial charge on any atom is 0.457 e. The number of halogens is 6. The van der Waals surface area contributed by atoms with E-state index in [1.165, 1.54) is 0 Å². The Labute approximate surface area is 148 Å². The van der Waals surface area contributed by atoms with Gasteiger partial charge in [0, 0.05) is 22.3 Å². The number of benzene rings is 2. The van der Waals surface area contributed by atoms with Crippen molar-refractivity contribution in [1.82, 2.24) is 0 Å². The van der Waals surface area contributed by atoms with E-state index in [9.17, 15) is 31.5 Å². The van der Waals surface area contributed by atoms with Crippen LogP contribution in [-0.2, 0) is 5.67 Å². The second-order valence-electron chi connectivity index (χ2n) is 5.62. The topological polar surface area (TPSA) is 86.2 Å². The first kappa shape index (κ1) is 20.3. The predicted octanol–water partition coefficient (Wildman–Crippen LogP) is 3.30. The van der Waals surface area contributed by atoms with Gasteiger partial charge in [0.1, 0.15) is 0 Å². The smallest absolute Gasteiger partial charge is 0.366 e. The van der Waals surface area contributed by atoms with Crippen LogP contribution in [0, 0.1) is 0 Å². The first-order chi connectivity index (χ1) is 12.3. The highest BCUT2D eigenvalue weighted by Crippen LogP contribution is 2.54. The molecule has 4 nitrogen and oxygen atoms in total. The minimum Gasteiger partial charge on any atom is -0.366 e. The zero-order chi connectivity index (χ0) is 20.6. The molecule has 0 aliphatic carbocycles. The molecule has 0 radical (unpaired) electrons.